The largest absolute Gasteiger partial charge is 0.476 e. The van der Waals surface area contributed by atoms with Crippen LogP contribution in [0, 0.1) is 20.2 Å². The van der Waals surface area contributed by atoms with E-state index in [2.05, 4.69) is 10.2 Å². The van der Waals surface area contributed by atoms with Crippen LogP contribution in [-0.4, -0.2) is 46.4 Å². The molecule has 2 rings (SSSR count). The van der Waals surface area contributed by atoms with E-state index in [1.54, 1.807) is 13.8 Å². The number of carboxylic acids is 1. The maximum absolute atomic E-state index is 11.2. The number of amides is 1. The van der Waals surface area contributed by atoms with E-state index in [1.165, 1.54) is 0 Å². The van der Waals surface area contributed by atoms with Crippen molar-refractivity contribution >= 4 is 23.3 Å². The highest BCUT2D eigenvalue weighted by molar-refractivity contribution is 5.95. The second-order valence-electron chi connectivity index (χ2n) is 5.80. The fraction of sp³-hybridized carbons (Fsp3) is 0.500. The van der Waals surface area contributed by atoms with E-state index in [1.807, 2.05) is 0 Å². The molecule has 0 saturated heterocycles. The standard InChI is InChI=1S/C8H12N4O3.C8H11N3O4/c1-3-4-5-6(12(14)15)7(8(9)13)11(2)10-5;1-3-4-5-6(11(14)15)7(8(12)13)10(2)9-5/h3-4H2,1-2H3,(H2,9,13);3-4H2,1-2H3,(H,12,13)/i2*2D3. The number of aromatic carboxylic acids is 1. The third-order valence-corrected chi connectivity index (χ3v) is 3.64. The van der Waals surface area contributed by atoms with Gasteiger partial charge in [0.2, 0.25) is 11.4 Å². The van der Waals surface area contributed by atoms with Crippen LogP contribution in [0.25, 0.3) is 0 Å². The quantitative estimate of drug-likeness (QED) is 0.456. The third kappa shape index (κ3) is 5.15. The van der Waals surface area contributed by atoms with Crippen molar-refractivity contribution in [1.82, 2.24) is 19.6 Å². The molecule has 3 N–H and O–H groups in total. The topological polar surface area (TPSA) is 202 Å². The second kappa shape index (κ2) is 10.1. The molecule has 0 spiro atoms. The van der Waals surface area contributed by atoms with E-state index >= 15 is 0 Å². The lowest BCUT2D eigenvalue weighted by Gasteiger charge is -1.94. The molecule has 0 unspecified atom stereocenters. The smallest absolute Gasteiger partial charge is 0.361 e. The Labute approximate surface area is 179 Å². The molecule has 30 heavy (non-hydrogen) atoms. The third-order valence-electron chi connectivity index (χ3n) is 3.64. The number of nitro groups is 2. The van der Waals surface area contributed by atoms with Crippen LogP contribution in [0.4, 0.5) is 11.4 Å². The summed E-state index contributed by atoms with van der Waals surface area (Å²) in [7, 11) is 0. The summed E-state index contributed by atoms with van der Waals surface area (Å²) in [6.07, 6.45) is 1.34. The van der Waals surface area contributed by atoms with E-state index < -0.39 is 58.4 Å². The van der Waals surface area contributed by atoms with Gasteiger partial charge in [-0.25, -0.2) is 4.79 Å². The highest BCUT2D eigenvalue weighted by atomic mass is 16.6. The predicted molar refractivity (Wildman–Crippen MR) is 103 cm³/mol. The zero-order chi connectivity index (χ0) is 28.2. The second-order valence-corrected chi connectivity index (χ2v) is 5.80. The van der Waals surface area contributed by atoms with Gasteiger partial charge in [0.15, 0.2) is 0 Å². The molecule has 2 aromatic heterocycles. The average molecular weight is 431 g/mol. The normalized spacial score (nSPS) is 14.1. The van der Waals surface area contributed by atoms with E-state index in [4.69, 9.17) is 19.1 Å². The van der Waals surface area contributed by atoms with E-state index in [0.29, 0.717) is 17.5 Å². The Bertz CT molecular complexity index is 1080. The molecule has 0 fully saturated rings. The maximum Gasteiger partial charge on any atom is 0.361 e. The monoisotopic (exact) mass is 431 g/mol. The van der Waals surface area contributed by atoms with E-state index in [9.17, 15) is 29.8 Å². The van der Waals surface area contributed by atoms with Gasteiger partial charge in [0, 0.05) is 22.2 Å². The number of carbonyl (C=O) groups is 2. The lowest BCUT2D eigenvalue weighted by atomic mass is 10.2. The van der Waals surface area contributed by atoms with Gasteiger partial charge < -0.3 is 10.8 Å². The molecule has 164 valence electrons. The summed E-state index contributed by atoms with van der Waals surface area (Å²) in [5.74, 6) is -2.87. The number of nitrogens with zero attached hydrogens (tertiary/aromatic N) is 6. The van der Waals surface area contributed by atoms with Crippen molar-refractivity contribution in [3.8, 4) is 0 Å². The van der Waals surface area contributed by atoms with Gasteiger partial charge in [-0.3, -0.25) is 34.4 Å². The molecule has 0 aromatic carbocycles. The van der Waals surface area contributed by atoms with Crippen molar-refractivity contribution < 1.29 is 32.8 Å². The summed E-state index contributed by atoms with van der Waals surface area (Å²) in [6.45, 7) is -2.19. The zero-order valence-corrected chi connectivity index (χ0v) is 16.0. The highest BCUT2D eigenvalue weighted by Crippen LogP contribution is 2.24. The Morgan fingerprint density at radius 3 is 1.70 bits per heavy atom. The number of carbonyl (C=O) groups excluding carboxylic acids is 1. The molecule has 0 saturated carbocycles. The van der Waals surface area contributed by atoms with Crippen molar-refractivity contribution in [2.45, 2.75) is 39.5 Å². The van der Waals surface area contributed by atoms with Crippen LogP contribution in [0.2, 0.25) is 0 Å². The summed E-state index contributed by atoms with van der Waals surface area (Å²) < 4.78 is 43.6. The summed E-state index contributed by atoms with van der Waals surface area (Å²) in [6, 6.07) is 0. The number of hydrogen-bond acceptors (Lipinski definition) is 8. The Morgan fingerprint density at radius 1 is 1.00 bits per heavy atom. The molecule has 0 atom stereocenters. The number of hydrogen-bond donors (Lipinski definition) is 2. The molecular formula is C16H23N7O7. The molecular weight excluding hydrogens is 402 g/mol. The van der Waals surface area contributed by atoms with E-state index in [0.717, 1.165) is 0 Å². The fourth-order valence-electron chi connectivity index (χ4n) is 2.52. The van der Waals surface area contributed by atoms with Crippen molar-refractivity contribution in [1.29, 1.82) is 0 Å². The molecule has 14 heteroatoms. The minimum Gasteiger partial charge on any atom is -0.476 e. The Balaban J connectivity index is 0.000000360. The predicted octanol–water partition coefficient (Wildman–Crippen LogP) is 1.36. The van der Waals surface area contributed by atoms with Crippen LogP contribution in [0.1, 0.15) is 67.3 Å². The minimum absolute atomic E-state index is 0.0487. The van der Waals surface area contributed by atoms with Gasteiger partial charge in [-0.15, -0.1) is 0 Å². The summed E-state index contributed by atoms with van der Waals surface area (Å²) in [4.78, 5) is 42.3. The van der Waals surface area contributed by atoms with Crippen molar-refractivity contribution in [2.24, 2.45) is 19.7 Å². The zero-order valence-electron chi connectivity index (χ0n) is 22.0. The first-order valence-corrected chi connectivity index (χ1v) is 8.46. The molecule has 0 aliphatic rings. The molecule has 2 aromatic rings. The summed E-state index contributed by atoms with van der Waals surface area (Å²) in [5.41, 5.74) is 1.85. The van der Waals surface area contributed by atoms with Crippen molar-refractivity contribution in [3.05, 3.63) is 43.0 Å². The maximum atomic E-state index is 11.2. The van der Waals surface area contributed by atoms with Crippen LogP contribution >= 0.6 is 0 Å². The van der Waals surface area contributed by atoms with Crippen LogP contribution in [-0.2, 0) is 26.8 Å². The average Bonchev–Trinajstić information content (AvgIpc) is 3.28. The van der Waals surface area contributed by atoms with Gasteiger partial charge in [-0.1, -0.05) is 26.7 Å². The first-order valence-electron chi connectivity index (χ1n) is 11.5. The van der Waals surface area contributed by atoms with Crippen molar-refractivity contribution in [2.75, 3.05) is 0 Å². The van der Waals surface area contributed by atoms with Gasteiger partial charge in [0.25, 0.3) is 5.91 Å². The first kappa shape index (κ1) is 16.0. The van der Waals surface area contributed by atoms with Crippen LogP contribution in [0.15, 0.2) is 0 Å². The molecule has 2 heterocycles. The van der Waals surface area contributed by atoms with Gasteiger partial charge in [-0.2, -0.15) is 10.2 Å². The van der Waals surface area contributed by atoms with Crippen molar-refractivity contribution in [3.63, 3.8) is 0 Å². The number of carboxylic acid groups (broad SMARTS) is 1. The number of aryl methyl sites for hydroxylation is 4. The highest BCUT2D eigenvalue weighted by Gasteiger charge is 2.30. The molecule has 0 aliphatic heterocycles. The molecule has 0 aliphatic carbocycles. The number of rotatable bonds is 8. The minimum atomic E-state index is -2.87. The first-order chi connectivity index (χ1) is 16.4. The number of primary amides is 1. The Morgan fingerprint density at radius 2 is 1.40 bits per heavy atom. The molecule has 1 amide bonds. The summed E-state index contributed by atoms with van der Waals surface area (Å²) in [5, 5.41) is 37.9. The van der Waals surface area contributed by atoms with E-state index in [-0.39, 0.29) is 28.9 Å². The Kier molecular flexibility index (Phi) is 5.38. The van der Waals surface area contributed by atoms with Gasteiger partial charge in [0.1, 0.15) is 11.4 Å². The lowest BCUT2D eigenvalue weighted by Crippen LogP contribution is -2.17. The van der Waals surface area contributed by atoms with Gasteiger partial charge in [0.05, 0.1) is 9.85 Å². The van der Waals surface area contributed by atoms with Crippen LogP contribution in [0.3, 0.4) is 0 Å². The number of aromatic nitrogens is 4. The van der Waals surface area contributed by atoms with Gasteiger partial charge in [-0.05, 0) is 12.8 Å². The number of nitrogens with two attached hydrogens (primary N) is 1. The molecule has 0 bridgehead atoms. The SMILES string of the molecule is [2H]C([2H])([2H])n1nc(CCC)c([N+](=O)[O-])c1C(=O)O.[2H]C([2H])([2H])n1nc(CCC)c([N+](=O)[O-])c1C(N)=O. The van der Waals surface area contributed by atoms with Crippen LogP contribution < -0.4 is 5.73 Å². The lowest BCUT2D eigenvalue weighted by molar-refractivity contribution is -0.386. The van der Waals surface area contributed by atoms with Gasteiger partial charge >= 0.3 is 17.3 Å². The molecule has 14 nitrogen and oxygen atoms in total. The summed E-state index contributed by atoms with van der Waals surface area (Å²) >= 11 is 0. The fourth-order valence-corrected chi connectivity index (χ4v) is 2.52. The van der Waals surface area contributed by atoms with Crippen LogP contribution in [0.5, 0.6) is 0 Å². The molecule has 0 radical (unpaired) electrons. The Hall–Kier alpha value is -3.84.